The number of methoxy groups -OCH3 is 1. The molecule has 1 aromatic carbocycles. The lowest BCUT2D eigenvalue weighted by Crippen LogP contribution is -2.25. The van der Waals surface area contributed by atoms with Crippen LogP contribution in [-0.4, -0.2) is 29.9 Å². The Hall–Kier alpha value is -1.29. The maximum absolute atomic E-state index is 11.4. The van der Waals surface area contributed by atoms with Gasteiger partial charge in [-0.15, -0.1) is 11.8 Å². The van der Waals surface area contributed by atoms with Gasteiger partial charge < -0.3 is 4.74 Å². The van der Waals surface area contributed by atoms with Crippen LogP contribution in [0.4, 0.5) is 0 Å². The molecule has 3 nitrogen and oxygen atoms in total. The number of aliphatic imine (C=N–C) groups is 1. The van der Waals surface area contributed by atoms with E-state index in [1.807, 2.05) is 18.2 Å². The molecule has 1 atom stereocenters. The maximum atomic E-state index is 11.4. The summed E-state index contributed by atoms with van der Waals surface area (Å²) in [5, 5.41) is 1.03. The first kappa shape index (κ1) is 12.2. The number of thioether (sulfide) groups is 1. The van der Waals surface area contributed by atoms with Gasteiger partial charge in [-0.05, 0) is 12.0 Å². The van der Waals surface area contributed by atoms with E-state index in [0.29, 0.717) is 0 Å². The van der Waals surface area contributed by atoms with Crippen molar-refractivity contribution in [1.82, 2.24) is 0 Å². The second kappa shape index (κ2) is 5.87. The fraction of sp³-hybridized carbons (Fsp3) is 0.385. The minimum Gasteiger partial charge on any atom is -0.467 e. The predicted octanol–water partition coefficient (Wildman–Crippen LogP) is 2.31. The standard InChI is InChI=1S/C13H15NO2S/c1-16-13(15)11-7-8-17-12(14-11)9-10-5-3-2-4-6-10/h2-6,11H,7-9H2,1H3/t11-/m0/s1. The average Bonchev–Trinajstić information content (AvgIpc) is 2.39. The monoisotopic (exact) mass is 249 g/mol. The molecule has 0 spiro atoms. The first-order valence-corrected chi connectivity index (χ1v) is 6.59. The fourth-order valence-electron chi connectivity index (χ4n) is 1.74. The molecule has 0 saturated heterocycles. The zero-order valence-electron chi connectivity index (χ0n) is 9.76. The third kappa shape index (κ3) is 3.33. The lowest BCUT2D eigenvalue weighted by atomic mass is 10.1. The van der Waals surface area contributed by atoms with Gasteiger partial charge >= 0.3 is 5.97 Å². The SMILES string of the molecule is COC(=O)[C@@H]1CCSC(Cc2ccccc2)=N1. The number of benzene rings is 1. The van der Waals surface area contributed by atoms with E-state index in [0.717, 1.165) is 23.6 Å². The molecule has 1 aliphatic rings. The van der Waals surface area contributed by atoms with Gasteiger partial charge in [0.25, 0.3) is 0 Å². The van der Waals surface area contributed by atoms with E-state index in [4.69, 9.17) is 4.74 Å². The number of ether oxygens (including phenoxy) is 1. The van der Waals surface area contributed by atoms with Crippen LogP contribution < -0.4 is 0 Å². The first-order chi connectivity index (χ1) is 8.29. The van der Waals surface area contributed by atoms with E-state index in [1.54, 1.807) is 11.8 Å². The van der Waals surface area contributed by atoms with Gasteiger partial charge in [-0.3, -0.25) is 4.99 Å². The molecule has 0 radical (unpaired) electrons. The Bertz CT molecular complexity index is 417. The van der Waals surface area contributed by atoms with Crippen molar-refractivity contribution in [3.63, 3.8) is 0 Å². The zero-order chi connectivity index (χ0) is 12.1. The molecule has 0 N–H and O–H groups in total. The van der Waals surface area contributed by atoms with Crippen molar-refractivity contribution < 1.29 is 9.53 Å². The van der Waals surface area contributed by atoms with Crippen LogP contribution in [0.3, 0.4) is 0 Å². The van der Waals surface area contributed by atoms with Crippen LogP contribution in [0, 0.1) is 0 Å². The largest absolute Gasteiger partial charge is 0.467 e. The van der Waals surface area contributed by atoms with Gasteiger partial charge in [0.2, 0.25) is 0 Å². The van der Waals surface area contributed by atoms with Crippen LogP contribution in [0.15, 0.2) is 35.3 Å². The molecule has 1 heterocycles. The molecule has 90 valence electrons. The summed E-state index contributed by atoms with van der Waals surface area (Å²) in [5.74, 6) is 0.710. The Balaban J connectivity index is 2.05. The molecule has 0 amide bonds. The van der Waals surface area contributed by atoms with Gasteiger partial charge in [-0.2, -0.15) is 0 Å². The van der Waals surface area contributed by atoms with E-state index in [-0.39, 0.29) is 12.0 Å². The normalized spacial score (nSPS) is 19.6. The van der Waals surface area contributed by atoms with Crippen LogP contribution in [-0.2, 0) is 16.0 Å². The molecular weight excluding hydrogens is 234 g/mol. The van der Waals surface area contributed by atoms with E-state index in [1.165, 1.54) is 12.7 Å². The molecule has 1 aliphatic heterocycles. The van der Waals surface area contributed by atoms with E-state index >= 15 is 0 Å². The zero-order valence-corrected chi connectivity index (χ0v) is 10.6. The molecule has 0 aliphatic carbocycles. The number of carbonyl (C=O) groups is 1. The van der Waals surface area contributed by atoms with Gasteiger partial charge in [-0.1, -0.05) is 30.3 Å². The van der Waals surface area contributed by atoms with E-state index in [9.17, 15) is 4.79 Å². The first-order valence-electron chi connectivity index (χ1n) is 5.61. The Morgan fingerprint density at radius 2 is 2.24 bits per heavy atom. The molecular formula is C13H15NO2S. The fourth-order valence-corrected chi connectivity index (χ4v) is 2.78. The summed E-state index contributed by atoms with van der Waals surface area (Å²) in [7, 11) is 1.41. The van der Waals surface area contributed by atoms with Crippen molar-refractivity contribution in [3.05, 3.63) is 35.9 Å². The Morgan fingerprint density at radius 3 is 2.94 bits per heavy atom. The van der Waals surface area contributed by atoms with Crippen LogP contribution in [0.25, 0.3) is 0 Å². The van der Waals surface area contributed by atoms with Crippen molar-refractivity contribution in [2.45, 2.75) is 18.9 Å². The van der Waals surface area contributed by atoms with Gasteiger partial charge in [0, 0.05) is 12.2 Å². The number of esters is 1. The second-order valence-electron chi connectivity index (χ2n) is 3.86. The minimum atomic E-state index is -0.306. The van der Waals surface area contributed by atoms with E-state index in [2.05, 4.69) is 17.1 Å². The molecule has 0 bridgehead atoms. The summed E-state index contributed by atoms with van der Waals surface area (Å²) in [4.78, 5) is 15.9. The molecule has 4 heteroatoms. The number of rotatable bonds is 3. The highest BCUT2D eigenvalue weighted by Gasteiger charge is 2.22. The highest BCUT2D eigenvalue weighted by Crippen LogP contribution is 2.21. The number of hydrogen-bond acceptors (Lipinski definition) is 4. The summed E-state index contributed by atoms with van der Waals surface area (Å²) in [5.41, 5.74) is 1.23. The second-order valence-corrected chi connectivity index (χ2v) is 5.03. The summed E-state index contributed by atoms with van der Waals surface area (Å²) >= 11 is 1.73. The molecule has 2 rings (SSSR count). The minimum absolute atomic E-state index is 0.226. The number of nitrogens with zero attached hydrogens (tertiary/aromatic N) is 1. The van der Waals surface area contributed by atoms with Crippen molar-refractivity contribution >= 4 is 22.8 Å². The molecule has 0 aromatic heterocycles. The third-order valence-electron chi connectivity index (χ3n) is 2.63. The number of carbonyl (C=O) groups excluding carboxylic acids is 1. The Morgan fingerprint density at radius 1 is 1.47 bits per heavy atom. The Kier molecular flexibility index (Phi) is 4.20. The van der Waals surface area contributed by atoms with Crippen molar-refractivity contribution in [2.24, 2.45) is 4.99 Å². The van der Waals surface area contributed by atoms with Gasteiger partial charge in [0.05, 0.1) is 12.2 Å². The quantitative estimate of drug-likeness (QED) is 0.772. The van der Waals surface area contributed by atoms with Crippen molar-refractivity contribution in [1.29, 1.82) is 0 Å². The predicted molar refractivity (Wildman–Crippen MR) is 70.5 cm³/mol. The summed E-state index contributed by atoms with van der Waals surface area (Å²) in [6.07, 6.45) is 1.58. The molecule has 0 unspecified atom stereocenters. The van der Waals surface area contributed by atoms with Crippen LogP contribution in [0.1, 0.15) is 12.0 Å². The summed E-state index contributed by atoms with van der Waals surface area (Å²) in [6.45, 7) is 0. The molecule has 0 saturated carbocycles. The highest BCUT2D eigenvalue weighted by atomic mass is 32.2. The smallest absolute Gasteiger partial charge is 0.330 e. The van der Waals surface area contributed by atoms with Crippen LogP contribution >= 0.6 is 11.8 Å². The van der Waals surface area contributed by atoms with E-state index < -0.39 is 0 Å². The topological polar surface area (TPSA) is 38.7 Å². The van der Waals surface area contributed by atoms with Gasteiger partial charge in [0.1, 0.15) is 6.04 Å². The number of hydrogen-bond donors (Lipinski definition) is 0. The summed E-state index contributed by atoms with van der Waals surface area (Å²) < 4.78 is 4.73. The third-order valence-corrected chi connectivity index (χ3v) is 3.65. The average molecular weight is 249 g/mol. The lowest BCUT2D eigenvalue weighted by molar-refractivity contribution is -0.142. The maximum Gasteiger partial charge on any atom is 0.330 e. The van der Waals surface area contributed by atoms with Crippen LogP contribution in [0.2, 0.25) is 0 Å². The molecule has 1 aromatic rings. The van der Waals surface area contributed by atoms with Crippen LogP contribution in [0.5, 0.6) is 0 Å². The lowest BCUT2D eigenvalue weighted by Gasteiger charge is -2.18. The van der Waals surface area contributed by atoms with Gasteiger partial charge in [-0.25, -0.2) is 4.79 Å². The van der Waals surface area contributed by atoms with Gasteiger partial charge in [0.15, 0.2) is 0 Å². The molecule has 0 fully saturated rings. The summed E-state index contributed by atoms with van der Waals surface area (Å²) in [6, 6.07) is 9.87. The van der Waals surface area contributed by atoms with Crippen molar-refractivity contribution in [3.8, 4) is 0 Å². The highest BCUT2D eigenvalue weighted by molar-refractivity contribution is 8.14. The van der Waals surface area contributed by atoms with Crippen molar-refractivity contribution in [2.75, 3.05) is 12.9 Å². The Labute approximate surface area is 105 Å². The molecule has 17 heavy (non-hydrogen) atoms.